The molecule has 1 rings (SSSR count). The second kappa shape index (κ2) is 4.67. The van der Waals surface area contributed by atoms with Crippen molar-refractivity contribution in [3.63, 3.8) is 0 Å². The van der Waals surface area contributed by atoms with Gasteiger partial charge < -0.3 is 10.5 Å². The number of rotatable bonds is 2. The van der Waals surface area contributed by atoms with Gasteiger partial charge in [0, 0.05) is 18.3 Å². The number of hydrogen-bond donors (Lipinski definition) is 1. The Morgan fingerprint density at radius 1 is 1.56 bits per heavy atom. The van der Waals surface area contributed by atoms with Gasteiger partial charge in [0.2, 0.25) is 5.88 Å². The van der Waals surface area contributed by atoms with Crippen molar-refractivity contribution in [3.05, 3.63) is 21.8 Å². The molecule has 0 fully saturated rings. The topological polar surface area (TPSA) is 71.9 Å². The zero-order chi connectivity index (χ0) is 12.3. The largest absolute Gasteiger partial charge is 0.574 e. The normalized spacial score (nSPS) is 11.0. The molecular formula is C8H5BrF3N3O. The number of aromatic nitrogens is 1. The quantitative estimate of drug-likeness (QED) is 0.907. The van der Waals surface area contributed by atoms with E-state index in [-0.39, 0.29) is 22.1 Å². The summed E-state index contributed by atoms with van der Waals surface area (Å²) in [6.45, 7) is -0.0970. The van der Waals surface area contributed by atoms with E-state index < -0.39 is 12.2 Å². The maximum Gasteiger partial charge on any atom is 0.574 e. The molecule has 4 nitrogen and oxygen atoms in total. The van der Waals surface area contributed by atoms with Crippen LogP contribution in [-0.2, 0) is 6.54 Å². The van der Waals surface area contributed by atoms with Crippen LogP contribution in [0.2, 0.25) is 0 Å². The van der Waals surface area contributed by atoms with Crippen LogP contribution in [0.4, 0.5) is 13.2 Å². The Kier molecular flexibility index (Phi) is 3.72. The van der Waals surface area contributed by atoms with E-state index in [4.69, 9.17) is 11.0 Å². The predicted molar refractivity (Wildman–Crippen MR) is 51.2 cm³/mol. The van der Waals surface area contributed by atoms with Crippen LogP contribution in [0.1, 0.15) is 11.1 Å². The van der Waals surface area contributed by atoms with Crippen molar-refractivity contribution < 1.29 is 17.9 Å². The Morgan fingerprint density at radius 3 is 2.62 bits per heavy atom. The second-order valence-corrected chi connectivity index (χ2v) is 3.43. The van der Waals surface area contributed by atoms with Crippen LogP contribution >= 0.6 is 15.9 Å². The van der Waals surface area contributed by atoms with E-state index in [9.17, 15) is 13.2 Å². The average Bonchev–Trinajstić information content (AvgIpc) is 2.19. The van der Waals surface area contributed by atoms with E-state index in [0.717, 1.165) is 6.20 Å². The van der Waals surface area contributed by atoms with Gasteiger partial charge in [0.1, 0.15) is 6.07 Å². The zero-order valence-corrected chi connectivity index (χ0v) is 9.26. The lowest BCUT2D eigenvalue weighted by Gasteiger charge is -2.11. The first-order valence-electron chi connectivity index (χ1n) is 3.92. The van der Waals surface area contributed by atoms with E-state index in [2.05, 4.69) is 25.7 Å². The van der Waals surface area contributed by atoms with E-state index in [1.807, 2.05) is 0 Å². The summed E-state index contributed by atoms with van der Waals surface area (Å²) < 4.78 is 39.5. The smallest absolute Gasteiger partial charge is 0.387 e. The van der Waals surface area contributed by atoms with Crippen LogP contribution in [0.15, 0.2) is 10.7 Å². The molecule has 0 radical (unpaired) electrons. The summed E-state index contributed by atoms with van der Waals surface area (Å²) in [5.41, 5.74) is 5.63. The molecule has 2 N–H and O–H groups in total. The molecule has 1 heterocycles. The van der Waals surface area contributed by atoms with E-state index in [1.54, 1.807) is 6.07 Å². The first-order valence-corrected chi connectivity index (χ1v) is 4.71. The Morgan fingerprint density at radius 2 is 2.19 bits per heavy atom. The number of hydrogen-bond acceptors (Lipinski definition) is 4. The molecule has 0 atom stereocenters. The lowest BCUT2D eigenvalue weighted by molar-refractivity contribution is -0.276. The number of nitrogens with two attached hydrogens (primary N) is 1. The molecule has 1 aromatic heterocycles. The molecular weight excluding hydrogens is 291 g/mol. The van der Waals surface area contributed by atoms with E-state index in [1.165, 1.54) is 0 Å². The lowest BCUT2D eigenvalue weighted by atomic mass is 10.1. The monoisotopic (exact) mass is 295 g/mol. The minimum Gasteiger partial charge on any atom is -0.387 e. The van der Waals surface area contributed by atoms with Gasteiger partial charge >= 0.3 is 6.36 Å². The first-order chi connectivity index (χ1) is 7.39. The van der Waals surface area contributed by atoms with Crippen LogP contribution in [-0.4, -0.2) is 11.3 Å². The summed E-state index contributed by atoms with van der Waals surface area (Å²) in [4.78, 5) is 3.38. The predicted octanol–water partition coefficient (Wildman–Crippen LogP) is 2.07. The zero-order valence-electron chi connectivity index (χ0n) is 7.68. The third-order valence-corrected chi connectivity index (χ3v) is 2.44. The summed E-state index contributed by atoms with van der Waals surface area (Å²) in [5.74, 6) is -0.660. The van der Waals surface area contributed by atoms with Crippen LogP contribution in [0.5, 0.6) is 5.88 Å². The molecule has 0 aliphatic rings. The van der Waals surface area contributed by atoms with Gasteiger partial charge in [-0.05, 0) is 15.9 Å². The third kappa shape index (κ3) is 2.84. The summed E-state index contributed by atoms with van der Waals surface area (Å²) in [6, 6.07) is 1.77. The number of halogens is 4. The molecule has 8 heteroatoms. The highest BCUT2D eigenvalue weighted by molar-refractivity contribution is 9.10. The van der Waals surface area contributed by atoms with Gasteiger partial charge in [-0.1, -0.05) is 0 Å². The van der Waals surface area contributed by atoms with Gasteiger partial charge in [0.15, 0.2) is 0 Å². The minimum atomic E-state index is -4.84. The summed E-state index contributed by atoms with van der Waals surface area (Å²) in [5, 5.41) is 8.67. The molecule has 0 bridgehead atoms. The van der Waals surface area contributed by atoms with E-state index >= 15 is 0 Å². The number of pyridine rings is 1. The number of nitriles is 1. The lowest BCUT2D eigenvalue weighted by Crippen LogP contribution is -2.19. The van der Waals surface area contributed by atoms with Crippen molar-refractivity contribution >= 4 is 15.9 Å². The Labute approximate surface area is 97.0 Å². The fourth-order valence-electron chi connectivity index (χ4n) is 0.982. The molecule has 86 valence electrons. The van der Waals surface area contributed by atoms with E-state index in [0.29, 0.717) is 0 Å². The number of alkyl halides is 3. The van der Waals surface area contributed by atoms with Crippen molar-refractivity contribution in [2.24, 2.45) is 5.73 Å². The second-order valence-electron chi connectivity index (χ2n) is 2.63. The number of nitrogens with zero attached hydrogens (tertiary/aromatic N) is 2. The van der Waals surface area contributed by atoms with Crippen molar-refractivity contribution in [3.8, 4) is 11.9 Å². The maximum absolute atomic E-state index is 12.0. The summed E-state index contributed by atoms with van der Waals surface area (Å²) in [7, 11) is 0. The average molecular weight is 296 g/mol. The standard InChI is InChI=1S/C8H5BrF3N3O/c9-6-5(2-14)4(1-13)3-15-7(6)16-8(10,11)12/h3H,2,14H2. The molecule has 0 unspecified atom stereocenters. The van der Waals surface area contributed by atoms with Crippen molar-refractivity contribution in [1.29, 1.82) is 5.26 Å². The Balaban J connectivity index is 3.20. The molecule has 16 heavy (non-hydrogen) atoms. The molecule has 1 aromatic rings. The summed E-state index contributed by atoms with van der Waals surface area (Å²) >= 11 is 2.87. The Bertz CT molecular complexity index is 441. The summed E-state index contributed by atoms with van der Waals surface area (Å²) in [6.07, 6.45) is -3.86. The molecule has 0 aliphatic heterocycles. The third-order valence-electron chi connectivity index (χ3n) is 1.63. The highest BCUT2D eigenvalue weighted by atomic mass is 79.9. The molecule has 0 saturated carbocycles. The van der Waals surface area contributed by atoms with Crippen molar-refractivity contribution in [1.82, 2.24) is 4.98 Å². The molecule has 0 aliphatic carbocycles. The van der Waals surface area contributed by atoms with Gasteiger partial charge in [0.05, 0.1) is 10.0 Å². The van der Waals surface area contributed by atoms with Gasteiger partial charge in [-0.15, -0.1) is 13.2 Å². The number of ether oxygens (including phenoxy) is 1. The SMILES string of the molecule is N#Cc1cnc(OC(F)(F)F)c(Br)c1CN. The highest BCUT2D eigenvalue weighted by Gasteiger charge is 2.33. The van der Waals surface area contributed by atoms with Gasteiger partial charge in [-0.2, -0.15) is 5.26 Å². The highest BCUT2D eigenvalue weighted by Crippen LogP contribution is 2.32. The van der Waals surface area contributed by atoms with Crippen LogP contribution < -0.4 is 10.5 Å². The van der Waals surface area contributed by atoms with Crippen molar-refractivity contribution in [2.45, 2.75) is 12.9 Å². The maximum atomic E-state index is 12.0. The first kappa shape index (κ1) is 12.7. The van der Waals surface area contributed by atoms with Gasteiger partial charge in [0.25, 0.3) is 0 Å². The molecule has 0 spiro atoms. The van der Waals surface area contributed by atoms with Crippen molar-refractivity contribution in [2.75, 3.05) is 0 Å². The van der Waals surface area contributed by atoms with Crippen LogP contribution in [0, 0.1) is 11.3 Å². The molecule has 0 amide bonds. The Hall–Kier alpha value is -1.33. The van der Waals surface area contributed by atoms with Crippen LogP contribution in [0.3, 0.4) is 0 Å². The van der Waals surface area contributed by atoms with Crippen LogP contribution in [0.25, 0.3) is 0 Å². The van der Waals surface area contributed by atoms with Gasteiger partial charge in [-0.3, -0.25) is 0 Å². The fourth-order valence-corrected chi connectivity index (χ4v) is 1.54. The minimum absolute atomic E-state index is 0.0635. The fraction of sp³-hybridized carbons (Fsp3) is 0.250. The molecule has 0 aromatic carbocycles. The van der Waals surface area contributed by atoms with Gasteiger partial charge in [-0.25, -0.2) is 4.98 Å². The molecule has 0 saturated heterocycles.